The molecule has 74 heavy (non-hydrogen) atoms. The lowest BCUT2D eigenvalue weighted by atomic mass is 9.98. The van der Waals surface area contributed by atoms with E-state index < -0.39 is 74.2 Å². The van der Waals surface area contributed by atoms with E-state index >= 15 is 0 Å². The number of nitrogens with one attached hydrogen (secondary N) is 1. The molecule has 1 amide bonds. The SMILES string of the molecule is CCCCCCCCCCCCCCCCCCCCCCCCCC/C=C/CCCC(O)C(O)C(COC1OC(CO)C(O)C(O)C1O)NC(=O)C(O)CCCCCCCCCCCCCCCCCCCC. The Balaban J connectivity index is 2.24. The van der Waals surface area contributed by atoms with Crippen LogP contribution in [0, 0.1) is 0 Å². The summed E-state index contributed by atoms with van der Waals surface area (Å²) in [5.41, 5.74) is 0. The van der Waals surface area contributed by atoms with Gasteiger partial charge >= 0.3 is 0 Å². The van der Waals surface area contributed by atoms with Gasteiger partial charge in [0.1, 0.15) is 36.6 Å². The molecule has 9 unspecified atom stereocenters. The monoisotopic (exact) mass is 1050 g/mol. The van der Waals surface area contributed by atoms with Crippen molar-refractivity contribution in [2.24, 2.45) is 0 Å². The summed E-state index contributed by atoms with van der Waals surface area (Å²) in [6.45, 7) is 3.49. The van der Waals surface area contributed by atoms with Crippen molar-refractivity contribution in [1.29, 1.82) is 0 Å². The minimum atomic E-state index is -1.67. The van der Waals surface area contributed by atoms with Crippen LogP contribution in [0.25, 0.3) is 0 Å². The predicted octanol–water partition coefficient (Wildman–Crippen LogP) is 14.3. The molecule has 1 heterocycles. The lowest BCUT2D eigenvalue weighted by Gasteiger charge is -2.40. The summed E-state index contributed by atoms with van der Waals surface area (Å²) in [4.78, 5) is 13.2. The lowest BCUT2D eigenvalue weighted by molar-refractivity contribution is -0.303. The molecule has 1 rings (SSSR count). The van der Waals surface area contributed by atoms with Crippen molar-refractivity contribution in [1.82, 2.24) is 5.32 Å². The van der Waals surface area contributed by atoms with Gasteiger partial charge in [-0.25, -0.2) is 0 Å². The number of hydrogen-bond donors (Lipinski definition) is 8. The number of aliphatic hydroxyl groups excluding tert-OH is 7. The van der Waals surface area contributed by atoms with E-state index in [1.165, 1.54) is 238 Å². The fourth-order valence-corrected chi connectivity index (χ4v) is 10.6. The normalized spacial score (nSPS) is 19.8. The average molecular weight is 1050 g/mol. The van der Waals surface area contributed by atoms with E-state index in [-0.39, 0.29) is 12.8 Å². The number of aliphatic hydroxyl groups is 7. The lowest BCUT2D eigenvalue weighted by Crippen LogP contribution is -2.60. The van der Waals surface area contributed by atoms with E-state index in [9.17, 15) is 40.5 Å². The largest absolute Gasteiger partial charge is 0.394 e. The Kier molecular flexibility index (Phi) is 50.3. The van der Waals surface area contributed by atoms with Crippen molar-refractivity contribution in [3.8, 4) is 0 Å². The van der Waals surface area contributed by atoms with E-state index in [0.717, 1.165) is 38.5 Å². The molecular weight excluding hydrogens is 931 g/mol. The molecule has 0 aliphatic carbocycles. The molecule has 8 N–H and O–H groups in total. The number of unbranched alkanes of at least 4 members (excludes halogenated alkanes) is 42. The van der Waals surface area contributed by atoms with Gasteiger partial charge in [0.05, 0.1) is 25.4 Å². The minimum Gasteiger partial charge on any atom is -0.394 e. The van der Waals surface area contributed by atoms with Gasteiger partial charge in [0, 0.05) is 0 Å². The van der Waals surface area contributed by atoms with Crippen LogP contribution < -0.4 is 5.32 Å². The van der Waals surface area contributed by atoms with Gasteiger partial charge in [-0.1, -0.05) is 289 Å². The highest BCUT2D eigenvalue weighted by Gasteiger charge is 2.44. The Labute approximate surface area is 455 Å². The fraction of sp³-hybridized carbons (Fsp3) is 0.952. The van der Waals surface area contributed by atoms with Crippen LogP contribution in [0.4, 0.5) is 0 Å². The molecular formula is C63H123NO10. The molecule has 1 saturated heterocycles. The van der Waals surface area contributed by atoms with E-state index in [0.29, 0.717) is 12.8 Å². The van der Waals surface area contributed by atoms with E-state index in [1.54, 1.807) is 0 Å². The average Bonchev–Trinajstić information content (AvgIpc) is 3.40. The first kappa shape index (κ1) is 70.9. The maximum absolute atomic E-state index is 13.2. The van der Waals surface area contributed by atoms with Crippen LogP contribution in [0.1, 0.15) is 316 Å². The number of carbonyl (C=O) groups excluding carboxylic acids is 1. The zero-order valence-electron chi connectivity index (χ0n) is 48.4. The fourth-order valence-electron chi connectivity index (χ4n) is 10.6. The first-order chi connectivity index (χ1) is 36.2. The number of hydrogen-bond acceptors (Lipinski definition) is 10. The molecule has 1 fully saturated rings. The second-order valence-corrected chi connectivity index (χ2v) is 22.8. The number of allylic oxidation sites excluding steroid dienone is 2. The highest BCUT2D eigenvalue weighted by atomic mass is 16.7. The third kappa shape index (κ3) is 40.1. The van der Waals surface area contributed by atoms with Gasteiger partial charge in [0.25, 0.3) is 0 Å². The van der Waals surface area contributed by atoms with Crippen molar-refractivity contribution < 1.29 is 50.0 Å². The van der Waals surface area contributed by atoms with Crippen molar-refractivity contribution in [2.45, 2.75) is 371 Å². The quantitative estimate of drug-likeness (QED) is 0.0215. The second kappa shape index (κ2) is 52.5. The minimum absolute atomic E-state index is 0.259. The number of rotatable bonds is 56. The number of carbonyl (C=O) groups is 1. The van der Waals surface area contributed by atoms with Crippen LogP contribution >= 0.6 is 0 Å². The van der Waals surface area contributed by atoms with Crippen molar-refractivity contribution >= 4 is 5.91 Å². The molecule has 11 nitrogen and oxygen atoms in total. The van der Waals surface area contributed by atoms with Crippen LogP contribution in [-0.2, 0) is 14.3 Å². The Morgan fingerprint density at radius 3 is 1.16 bits per heavy atom. The van der Waals surface area contributed by atoms with Gasteiger partial charge in [0.2, 0.25) is 5.91 Å². The summed E-state index contributed by atoms with van der Waals surface area (Å²) < 4.78 is 11.2. The maximum Gasteiger partial charge on any atom is 0.249 e. The Bertz CT molecular complexity index is 1210. The van der Waals surface area contributed by atoms with Crippen LogP contribution in [0.5, 0.6) is 0 Å². The first-order valence-corrected chi connectivity index (χ1v) is 32.1. The Morgan fingerprint density at radius 2 is 0.797 bits per heavy atom. The molecule has 0 aromatic carbocycles. The summed E-state index contributed by atoms with van der Waals surface area (Å²) in [7, 11) is 0. The topological polar surface area (TPSA) is 189 Å². The third-order valence-corrected chi connectivity index (χ3v) is 15.8. The van der Waals surface area contributed by atoms with Gasteiger partial charge in [-0.3, -0.25) is 4.79 Å². The molecule has 440 valence electrons. The molecule has 0 spiro atoms. The summed E-state index contributed by atoms with van der Waals surface area (Å²) in [6, 6.07) is -1.18. The van der Waals surface area contributed by atoms with Gasteiger partial charge in [-0.15, -0.1) is 0 Å². The molecule has 11 heteroatoms. The van der Waals surface area contributed by atoms with Crippen molar-refractivity contribution in [3.05, 3.63) is 12.2 Å². The maximum atomic E-state index is 13.2. The smallest absolute Gasteiger partial charge is 0.249 e. The molecule has 0 aromatic rings. The van der Waals surface area contributed by atoms with Crippen molar-refractivity contribution in [3.63, 3.8) is 0 Å². The number of ether oxygens (including phenoxy) is 2. The molecule has 1 aliphatic heterocycles. The van der Waals surface area contributed by atoms with Gasteiger partial charge < -0.3 is 50.5 Å². The van der Waals surface area contributed by atoms with Crippen LogP contribution in [0.15, 0.2) is 12.2 Å². The van der Waals surface area contributed by atoms with Gasteiger partial charge in [-0.2, -0.15) is 0 Å². The molecule has 0 bridgehead atoms. The highest BCUT2D eigenvalue weighted by Crippen LogP contribution is 2.24. The summed E-state index contributed by atoms with van der Waals surface area (Å²) in [6.07, 6.45) is 51.4. The molecule has 9 atom stereocenters. The Morgan fingerprint density at radius 1 is 0.459 bits per heavy atom. The van der Waals surface area contributed by atoms with Crippen LogP contribution in [0.3, 0.4) is 0 Å². The zero-order valence-corrected chi connectivity index (χ0v) is 48.4. The standard InChI is InChI=1S/C63H123NO10/c1-3-5-7-9-11-13-15-17-19-21-23-24-25-26-27-28-29-30-31-32-33-35-36-38-40-42-44-46-48-50-55(66)58(68)54(53-73-63-61(71)60(70)59(69)57(52-65)74-63)64-62(72)56(67)51-49-47-45-43-41-39-37-34-22-20-18-16-14-12-10-8-6-4-2/h42,44,54-61,63,65-71H,3-41,43,45-53H2,1-2H3,(H,64,72)/b44-42+. The predicted molar refractivity (Wildman–Crippen MR) is 307 cm³/mol. The third-order valence-electron chi connectivity index (χ3n) is 15.8. The van der Waals surface area contributed by atoms with Crippen LogP contribution in [-0.4, -0.2) is 110 Å². The first-order valence-electron chi connectivity index (χ1n) is 32.1. The summed E-state index contributed by atoms with van der Waals surface area (Å²) in [5, 5.41) is 76.3. The van der Waals surface area contributed by atoms with Crippen molar-refractivity contribution in [2.75, 3.05) is 13.2 Å². The van der Waals surface area contributed by atoms with E-state index in [2.05, 4.69) is 31.3 Å². The van der Waals surface area contributed by atoms with Crippen LogP contribution in [0.2, 0.25) is 0 Å². The zero-order chi connectivity index (χ0) is 54.0. The molecule has 0 saturated carbocycles. The van der Waals surface area contributed by atoms with E-state index in [1.807, 2.05) is 0 Å². The van der Waals surface area contributed by atoms with E-state index in [4.69, 9.17) is 9.47 Å². The summed E-state index contributed by atoms with van der Waals surface area (Å²) >= 11 is 0. The number of amides is 1. The second-order valence-electron chi connectivity index (χ2n) is 22.8. The summed E-state index contributed by atoms with van der Waals surface area (Å²) in [5.74, 6) is -0.700. The highest BCUT2D eigenvalue weighted by molar-refractivity contribution is 5.80. The Hall–Kier alpha value is -1.15. The van der Waals surface area contributed by atoms with Gasteiger partial charge in [0.15, 0.2) is 6.29 Å². The molecule has 0 aromatic heterocycles. The molecule has 1 aliphatic rings. The molecule has 0 radical (unpaired) electrons. The van der Waals surface area contributed by atoms with Gasteiger partial charge in [-0.05, 0) is 38.5 Å².